The number of carbonyl (C=O) groups is 1. The normalized spacial score (nSPS) is 12.0. The molecule has 1 unspecified atom stereocenters. The molecule has 1 amide bonds. The molecule has 0 rings (SSSR count). The van der Waals surface area contributed by atoms with E-state index < -0.39 is 11.8 Å². The summed E-state index contributed by atoms with van der Waals surface area (Å²) in [5.74, 6) is -0.897. The molecule has 0 aromatic carbocycles. The molecule has 3 nitrogen and oxygen atoms in total. The number of primary amides is 1. The molecule has 0 aromatic heterocycles. The van der Waals surface area contributed by atoms with Gasteiger partial charge in [0.25, 0.3) is 0 Å². The third-order valence-corrected chi connectivity index (χ3v) is 0.773. The lowest BCUT2D eigenvalue weighted by molar-refractivity contribution is -0.120. The van der Waals surface area contributed by atoms with E-state index in [-0.39, 0.29) is 0 Å². The topological polar surface area (TPSA) is 66.9 Å². The van der Waals surface area contributed by atoms with E-state index in [1.165, 1.54) is 6.42 Å². The highest BCUT2D eigenvalue weighted by atomic mass is 16.1. The van der Waals surface area contributed by atoms with Crippen molar-refractivity contribution < 1.29 is 4.79 Å². The SMILES string of the molecule is CC([CH]C#N)C(N)=O. The molecule has 0 aliphatic heterocycles. The Balaban J connectivity index is 3.52. The van der Waals surface area contributed by atoms with Crippen molar-refractivity contribution in [1.82, 2.24) is 0 Å². The summed E-state index contributed by atoms with van der Waals surface area (Å²) in [6.07, 6.45) is 1.20. The monoisotopic (exact) mass is 111 g/mol. The van der Waals surface area contributed by atoms with E-state index in [2.05, 4.69) is 0 Å². The third-order valence-electron chi connectivity index (χ3n) is 0.773. The average molecular weight is 111 g/mol. The van der Waals surface area contributed by atoms with Crippen LogP contribution >= 0.6 is 0 Å². The third kappa shape index (κ3) is 2.19. The van der Waals surface area contributed by atoms with Crippen LogP contribution in [0.15, 0.2) is 0 Å². The molecule has 0 aliphatic carbocycles. The van der Waals surface area contributed by atoms with Crippen molar-refractivity contribution in [1.29, 1.82) is 5.26 Å². The summed E-state index contributed by atoms with van der Waals surface area (Å²) >= 11 is 0. The van der Waals surface area contributed by atoms with E-state index in [1.807, 2.05) is 0 Å². The Labute approximate surface area is 48.1 Å². The Bertz CT molecular complexity index is 125. The van der Waals surface area contributed by atoms with Crippen LogP contribution in [-0.4, -0.2) is 5.91 Å². The molecule has 0 fully saturated rings. The van der Waals surface area contributed by atoms with Crippen LogP contribution < -0.4 is 5.73 Å². The van der Waals surface area contributed by atoms with E-state index >= 15 is 0 Å². The molecule has 2 N–H and O–H groups in total. The van der Waals surface area contributed by atoms with Crippen molar-refractivity contribution in [2.75, 3.05) is 0 Å². The van der Waals surface area contributed by atoms with Gasteiger partial charge in [-0.15, -0.1) is 0 Å². The maximum absolute atomic E-state index is 10.1. The Morgan fingerprint density at radius 2 is 2.50 bits per heavy atom. The van der Waals surface area contributed by atoms with Crippen LogP contribution in [0, 0.1) is 23.7 Å². The van der Waals surface area contributed by atoms with Gasteiger partial charge in [0.05, 0.1) is 18.4 Å². The fourth-order valence-corrected chi connectivity index (χ4v) is 0.194. The van der Waals surface area contributed by atoms with Gasteiger partial charge < -0.3 is 5.73 Å². The predicted molar refractivity (Wildman–Crippen MR) is 28.3 cm³/mol. The highest BCUT2D eigenvalue weighted by Crippen LogP contribution is 1.94. The molecule has 0 saturated carbocycles. The smallest absolute Gasteiger partial charge is 0.221 e. The number of hydrogen-bond acceptors (Lipinski definition) is 2. The number of hydrogen-bond donors (Lipinski definition) is 1. The van der Waals surface area contributed by atoms with Crippen LogP contribution in [0.1, 0.15) is 6.92 Å². The molecule has 43 valence electrons. The Hall–Kier alpha value is -1.04. The molecule has 1 atom stereocenters. The lowest BCUT2D eigenvalue weighted by Crippen LogP contribution is -2.20. The van der Waals surface area contributed by atoms with E-state index in [9.17, 15) is 4.79 Å². The molecule has 8 heavy (non-hydrogen) atoms. The lowest BCUT2D eigenvalue weighted by Gasteiger charge is -1.95. The molecule has 0 heterocycles. The molecule has 0 aliphatic rings. The minimum atomic E-state index is -0.466. The predicted octanol–water partition coefficient (Wildman–Crippen LogP) is -0.164. The van der Waals surface area contributed by atoms with Gasteiger partial charge in [0, 0.05) is 0 Å². The summed E-state index contributed by atoms with van der Waals surface area (Å²) in [7, 11) is 0. The van der Waals surface area contributed by atoms with E-state index in [4.69, 9.17) is 11.0 Å². The zero-order valence-corrected chi connectivity index (χ0v) is 4.59. The Morgan fingerprint density at radius 1 is 2.00 bits per heavy atom. The lowest BCUT2D eigenvalue weighted by atomic mass is 10.1. The Morgan fingerprint density at radius 3 is 2.62 bits per heavy atom. The first-order chi connectivity index (χ1) is 3.68. The standard InChI is InChI=1S/C5H7N2O/c1-4(2-3-6)5(7)8/h2,4H,1H3,(H2,7,8). The van der Waals surface area contributed by atoms with Gasteiger partial charge in [0.15, 0.2) is 0 Å². The maximum atomic E-state index is 10.1. The van der Waals surface area contributed by atoms with Gasteiger partial charge in [-0.1, -0.05) is 6.92 Å². The van der Waals surface area contributed by atoms with Crippen LogP contribution in [0.4, 0.5) is 0 Å². The molecular formula is C5H7N2O. The summed E-state index contributed by atoms with van der Waals surface area (Å²) in [5.41, 5.74) is 4.80. The van der Waals surface area contributed by atoms with Crippen LogP contribution in [-0.2, 0) is 4.79 Å². The summed E-state index contributed by atoms with van der Waals surface area (Å²) in [5, 5.41) is 7.97. The second-order valence-corrected chi connectivity index (χ2v) is 1.49. The molecule has 0 spiro atoms. The summed E-state index contributed by atoms with van der Waals surface area (Å²) in [6.45, 7) is 1.57. The zero-order valence-electron chi connectivity index (χ0n) is 4.59. The quantitative estimate of drug-likeness (QED) is 0.537. The fourth-order valence-electron chi connectivity index (χ4n) is 0.194. The molecule has 1 radical (unpaired) electrons. The highest BCUT2D eigenvalue weighted by molar-refractivity contribution is 5.78. The van der Waals surface area contributed by atoms with E-state index in [1.54, 1.807) is 13.0 Å². The zero-order chi connectivity index (χ0) is 6.57. The van der Waals surface area contributed by atoms with Gasteiger partial charge in [-0.3, -0.25) is 4.79 Å². The summed E-state index contributed by atoms with van der Waals surface area (Å²) in [4.78, 5) is 10.1. The second kappa shape index (κ2) is 3.03. The minimum absolute atomic E-state index is 0.431. The van der Waals surface area contributed by atoms with Crippen LogP contribution in [0.3, 0.4) is 0 Å². The van der Waals surface area contributed by atoms with Gasteiger partial charge in [-0.25, -0.2) is 0 Å². The van der Waals surface area contributed by atoms with Crippen molar-refractivity contribution in [3.8, 4) is 6.07 Å². The molecule has 3 heteroatoms. The maximum Gasteiger partial charge on any atom is 0.221 e. The van der Waals surface area contributed by atoms with Crippen molar-refractivity contribution in [3.63, 3.8) is 0 Å². The fraction of sp³-hybridized carbons (Fsp3) is 0.400. The summed E-state index contributed by atoms with van der Waals surface area (Å²) < 4.78 is 0. The van der Waals surface area contributed by atoms with Crippen molar-refractivity contribution in [2.24, 2.45) is 11.7 Å². The molecule has 0 bridgehead atoms. The number of nitriles is 1. The minimum Gasteiger partial charge on any atom is -0.369 e. The van der Waals surface area contributed by atoms with Gasteiger partial charge in [0.2, 0.25) is 5.91 Å². The van der Waals surface area contributed by atoms with E-state index in [0.29, 0.717) is 0 Å². The average Bonchev–Trinajstić information content (AvgIpc) is 1.67. The first kappa shape index (κ1) is 6.96. The van der Waals surface area contributed by atoms with Crippen LogP contribution in [0.25, 0.3) is 0 Å². The number of nitrogens with zero attached hydrogens (tertiary/aromatic N) is 1. The van der Waals surface area contributed by atoms with Gasteiger partial charge in [-0.05, 0) is 0 Å². The summed E-state index contributed by atoms with van der Waals surface area (Å²) in [6, 6.07) is 1.72. The van der Waals surface area contributed by atoms with Crippen LogP contribution in [0.2, 0.25) is 0 Å². The van der Waals surface area contributed by atoms with Gasteiger partial charge in [-0.2, -0.15) is 5.26 Å². The number of carbonyl (C=O) groups excluding carboxylic acids is 1. The molecule has 0 saturated heterocycles. The number of rotatable bonds is 2. The van der Waals surface area contributed by atoms with Crippen molar-refractivity contribution in [3.05, 3.63) is 6.42 Å². The Kier molecular flexibility index (Phi) is 2.63. The van der Waals surface area contributed by atoms with Gasteiger partial charge in [0.1, 0.15) is 0 Å². The first-order valence-corrected chi connectivity index (χ1v) is 2.20. The molecular weight excluding hydrogens is 104 g/mol. The van der Waals surface area contributed by atoms with Crippen molar-refractivity contribution >= 4 is 5.91 Å². The van der Waals surface area contributed by atoms with Crippen molar-refractivity contribution in [2.45, 2.75) is 6.92 Å². The molecule has 0 aromatic rings. The largest absolute Gasteiger partial charge is 0.369 e. The van der Waals surface area contributed by atoms with E-state index in [0.717, 1.165) is 0 Å². The highest BCUT2D eigenvalue weighted by Gasteiger charge is 2.06. The first-order valence-electron chi connectivity index (χ1n) is 2.20. The number of amides is 1. The second-order valence-electron chi connectivity index (χ2n) is 1.49. The number of nitrogens with two attached hydrogens (primary N) is 1. The van der Waals surface area contributed by atoms with Crippen LogP contribution in [0.5, 0.6) is 0 Å². The van der Waals surface area contributed by atoms with Gasteiger partial charge >= 0.3 is 0 Å².